The molecule has 2 fully saturated rings. The maximum absolute atomic E-state index is 12.6. The van der Waals surface area contributed by atoms with E-state index in [2.05, 4.69) is 11.0 Å². The van der Waals surface area contributed by atoms with Crippen LogP contribution in [0, 0.1) is 13.8 Å². The third-order valence-corrected chi connectivity index (χ3v) is 6.55. The van der Waals surface area contributed by atoms with Gasteiger partial charge >= 0.3 is 0 Å². The average Bonchev–Trinajstić information content (AvgIpc) is 2.86. The highest BCUT2D eigenvalue weighted by molar-refractivity contribution is 7.91. The van der Waals surface area contributed by atoms with Crippen molar-refractivity contribution in [2.75, 3.05) is 37.7 Å². The number of hydrogen-bond acceptors (Lipinski definition) is 4. The van der Waals surface area contributed by atoms with Crippen molar-refractivity contribution in [3.63, 3.8) is 0 Å². The van der Waals surface area contributed by atoms with E-state index in [0.29, 0.717) is 18.8 Å². The lowest BCUT2D eigenvalue weighted by atomic mass is 10.1. The van der Waals surface area contributed by atoms with E-state index >= 15 is 0 Å². The summed E-state index contributed by atoms with van der Waals surface area (Å²) < 4.78 is 23.2. The van der Waals surface area contributed by atoms with Crippen LogP contribution in [0.2, 0.25) is 0 Å². The molecule has 5 nitrogen and oxygen atoms in total. The molecule has 1 aromatic carbocycles. The molecule has 2 heterocycles. The van der Waals surface area contributed by atoms with E-state index in [0.717, 1.165) is 36.2 Å². The number of hydrogen-bond donors (Lipinski definition) is 0. The zero-order valence-electron chi connectivity index (χ0n) is 13.8. The lowest BCUT2D eigenvalue weighted by Crippen LogP contribution is -2.52. The fourth-order valence-corrected chi connectivity index (χ4v) is 5.40. The van der Waals surface area contributed by atoms with Gasteiger partial charge in [0.1, 0.15) is 0 Å². The van der Waals surface area contributed by atoms with E-state index in [1.807, 2.05) is 30.9 Å². The van der Waals surface area contributed by atoms with E-state index in [1.54, 1.807) is 0 Å². The standard InChI is InChI=1S/C17H24N2O3S/c1-13-9-14(2)11-15(10-13)17(20)19-6-4-18(5-7-19)16-3-8-23(21,22)12-16/h9-11,16H,3-8,12H2,1-2H3. The number of aryl methyl sites for hydroxylation is 2. The fraction of sp³-hybridized carbons (Fsp3) is 0.588. The third kappa shape index (κ3) is 3.75. The van der Waals surface area contributed by atoms with Crippen LogP contribution in [0.3, 0.4) is 0 Å². The summed E-state index contributed by atoms with van der Waals surface area (Å²) in [7, 11) is -2.85. The van der Waals surface area contributed by atoms with Gasteiger partial charge in [-0.05, 0) is 32.4 Å². The molecule has 0 aliphatic carbocycles. The van der Waals surface area contributed by atoms with Crippen LogP contribution in [0.15, 0.2) is 18.2 Å². The van der Waals surface area contributed by atoms with Crippen molar-refractivity contribution in [2.45, 2.75) is 26.3 Å². The van der Waals surface area contributed by atoms with Crippen molar-refractivity contribution in [3.8, 4) is 0 Å². The lowest BCUT2D eigenvalue weighted by Gasteiger charge is -2.37. The van der Waals surface area contributed by atoms with Crippen molar-refractivity contribution in [2.24, 2.45) is 0 Å². The van der Waals surface area contributed by atoms with Crippen molar-refractivity contribution >= 4 is 15.7 Å². The molecule has 2 aliphatic rings. The average molecular weight is 336 g/mol. The van der Waals surface area contributed by atoms with Gasteiger partial charge in [-0.3, -0.25) is 9.69 Å². The minimum Gasteiger partial charge on any atom is -0.336 e. The Kier molecular flexibility index (Phi) is 4.47. The molecule has 0 spiro atoms. The minimum absolute atomic E-state index is 0.0792. The number of piperazine rings is 1. The van der Waals surface area contributed by atoms with Crippen LogP contribution in [0.1, 0.15) is 27.9 Å². The molecule has 0 radical (unpaired) electrons. The summed E-state index contributed by atoms with van der Waals surface area (Å²) in [6.45, 7) is 6.86. The minimum atomic E-state index is -2.85. The molecule has 6 heteroatoms. The quantitative estimate of drug-likeness (QED) is 0.816. The van der Waals surface area contributed by atoms with Crippen LogP contribution in [0.25, 0.3) is 0 Å². The van der Waals surface area contributed by atoms with Gasteiger partial charge < -0.3 is 4.90 Å². The highest BCUT2D eigenvalue weighted by atomic mass is 32.2. The Hall–Kier alpha value is -1.40. The van der Waals surface area contributed by atoms with Crippen LogP contribution in [0.5, 0.6) is 0 Å². The molecule has 1 amide bonds. The first-order valence-corrected chi connectivity index (χ1v) is 9.98. The van der Waals surface area contributed by atoms with E-state index in [4.69, 9.17) is 0 Å². The molecule has 23 heavy (non-hydrogen) atoms. The zero-order valence-corrected chi connectivity index (χ0v) is 14.6. The number of benzene rings is 1. The topological polar surface area (TPSA) is 57.7 Å². The van der Waals surface area contributed by atoms with Gasteiger partial charge in [-0.25, -0.2) is 8.42 Å². The van der Waals surface area contributed by atoms with Gasteiger partial charge in [0.2, 0.25) is 0 Å². The smallest absolute Gasteiger partial charge is 0.253 e. The first-order chi connectivity index (χ1) is 10.8. The fourth-order valence-electron chi connectivity index (χ4n) is 3.63. The van der Waals surface area contributed by atoms with Crippen molar-refractivity contribution in [1.82, 2.24) is 9.80 Å². The second-order valence-electron chi connectivity index (χ2n) is 6.76. The predicted octanol–water partition coefficient (Wildman–Crippen LogP) is 1.25. The second-order valence-corrected chi connectivity index (χ2v) is 8.99. The highest BCUT2D eigenvalue weighted by Gasteiger charge is 2.34. The van der Waals surface area contributed by atoms with Gasteiger partial charge in [0.25, 0.3) is 5.91 Å². The van der Waals surface area contributed by atoms with Gasteiger partial charge in [-0.1, -0.05) is 17.2 Å². The predicted molar refractivity (Wildman–Crippen MR) is 90.5 cm³/mol. The molecule has 0 N–H and O–H groups in total. The van der Waals surface area contributed by atoms with E-state index < -0.39 is 9.84 Å². The molecule has 0 saturated carbocycles. The SMILES string of the molecule is Cc1cc(C)cc(C(=O)N2CCN(C3CCS(=O)(=O)C3)CC2)c1. The number of carbonyl (C=O) groups excluding carboxylic acids is 1. The van der Waals surface area contributed by atoms with Crippen molar-refractivity contribution < 1.29 is 13.2 Å². The summed E-state index contributed by atoms with van der Waals surface area (Å²) in [5.41, 5.74) is 2.95. The molecule has 3 rings (SSSR count). The number of amides is 1. The zero-order chi connectivity index (χ0) is 16.6. The van der Waals surface area contributed by atoms with Crippen LogP contribution in [-0.2, 0) is 9.84 Å². The van der Waals surface area contributed by atoms with Crippen LogP contribution >= 0.6 is 0 Å². The molecule has 1 aromatic rings. The molecule has 0 bridgehead atoms. The largest absolute Gasteiger partial charge is 0.336 e. The molecule has 2 aliphatic heterocycles. The maximum Gasteiger partial charge on any atom is 0.253 e. The van der Waals surface area contributed by atoms with Crippen molar-refractivity contribution in [1.29, 1.82) is 0 Å². The number of carbonyl (C=O) groups is 1. The Morgan fingerprint density at radius 2 is 1.65 bits per heavy atom. The van der Waals surface area contributed by atoms with Gasteiger partial charge in [0.15, 0.2) is 9.84 Å². The normalized spacial score (nSPS) is 24.8. The molecule has 126 valence electrons. The third-order valence-electron chi connectivity index (χ3n) is 4.79. The molecular formula is C17H24N2O3S. The van der Waals surface area contributed by atoms with Crippen molar-refractivity contribution in [3.05, 3.63) is 34.9 Å². The molecule has 0 aromatic heterocycles. The Morgan fingerprint density at radius 1 is 1.04 bits per heavy atom. The summed E-state index contributed by atoms with van der Waals surface area (Å²) in [4.78, 5) is 16.8. The van der Waals surface area contributed by atoms with Gasteiger partial charge in [0, 0.05) is 37.8 Å². The summed E-state index contributed by atoms with van der Waals surface area (Å²) in [6.07, 6.45) is 0.730. The van der Waals surface area contributed by atoms with Gasteiger partial charge in [-0.15, -0.1) is 0 Å². The van der Waals surface area contributed by atoms with Gasteiger partial charge in [-0.2, -0.15) is 0 Å². The first kappa shape index (κ1) is 16.5. The molecule has 1 unspecified atom stereocenters. The van der Waals surface area contributed by atoms with Crippen LogP contribution in [-0.4, -0.2) is 67.9 Å². The number of rotatable bonds is 2. The first-order valence-electron chi connectivity index (χ1n) is 8.16. The second kappa shape index (κ2) is 6.24. The Balaban J connectivity index is 1.61. The van der Waals surface area contributed by atoms with Crippen LogP contribution < -0.4 is 0 Å². The number of nitrogens with zero attached hydrogens (tertiary/aromatic N) is 2. The highest BCUT2D eigenvalue weighted by Crippen LogP contribution is 2.20. The molecule has 1 atom stereocenters. The Morgan fingerprint density at radius 3 is 2.17 bits per heavy atom. The molecular weight excluding hydrogens is 312 g/mol. The van der Waals surface area contributed by atoms with E-state index in [9.17, 15) is 13.2 Å². The Bertz CT molecular complexity index is 686. The summed E-state index contributed by atoms with van der Waals surface area (Å²) in [5, 5.41) is 0. The van der Waals surface area contributed by atoms with Crippen LogP contribution in [0.4, 0.5) is 0 Å². The molecule has 2 saturated heterocycles. The monoisotopic (exact) mass is 336 g/mol. The van der Waals surface area contributed by atoms with E-state index in [-0.39, 0.29) is 17.7 Å². The number of sulfone groups is 1. The summed E-state index contributed by atoms with van der Waals surface area (Å²) in [6, 6.07) is 6.07. The lowest BCUT2D eigenvalue weighted by molar-refractivity contribution is 0.0587. The maximum atomic E-state index is 12.6. The van der Waals surface area contributed by atoms with E-state index in [1.165, 1.54) is 0 Å². The summed E-state index contributed by atoms with van der Waals surface area (Å²) >= 11 is 0. The van der Waals surface area contributed by atoms with Gasteiger partial charge in [0.05, 0.1) is 11.5 Å². The Labute approximate surface area is 138 Å². The summed E-state index contributed by atoms with van der Waals surface area (Å²) in [5.74, 6) is 0.660.